The van der Waals surface area contributed by atoms with E-state index in [1.165, 1.54) is 25.7 Å². The van der Waals surface area contributed by atoms with Gasteiger partial charge in [-0.25, -0.2) is 9.55 Å². The van der Waals surface area contributed by atoms with Gasteiger partial charge >= 0.3 is 5.82 Å². The van der Waals surface area contributed by atoms with Crippen molar-refractivity contribution in [1.29, 1.82) is 0 Å². The van der Waals surface area contributed by atoms with Gasteiger partial charge in [-0.2, -0.15) is 0 Å². The fourth-order valence-electron chi connectivity index (χ4n) is 4.18. The summed E-state index contributed by atoms with van der Waals surface area (Å²) in [4.78, 5) is 16.4. The standard InChI is InChI=1S/C17H27N3O2/c1-2-3-12-19-16(14-10-6-7-11-14)18-15(17(19)20(21)22)13-8-4-5-9-13/h13-14H,2-12H2,1H3. The first-order valence-electron chi connectivity index (χ1n) is 8.97. The molecule has 3 rings (SSSR count). The van der Waals surface area contributed by atoms with Crippen molar-refractivity contribution < 1.29 is 4.92 Å². The van der Waals surface area contributed by atoms with Gasteiger partial charge in [0.2, 0.25) is 0 Å². The van der Waals surface area contributed by atoms with Crippen LogP contribution in [-0.2, 0) is 6.54 Å². The molecule has 2 aliphatic rings. The molecule has 5 nitrogen and oxygen atoms in total. The number of nitro groups is 1. The average molecular weight is 305 g/mol. The van der Waals surface area contributed by atoms with Gasteiger partial charge in [0.15, 0.2) is 5.82 Å². The Morgan fingerprint density at radius 3 is 2.27 bits per heavy atom. The SMILES string of the molecule is CCCCn1c(C2CCCC2)nc(C2CCCC2)c1[N+](=O)[O-]. The molecule has 22 heavy (non-hydrogen) atoms. The molecule has 0 aromatic carbocycles. The number of unbranched alkanes of at least 4 members (excludes halogenated alkanes) is 1. The van der Waals surface area contributed by atoms with Crippen LogP contribution in [0.25, 0.3) is 0 Å². The van der Waals surface area contributed by atoms with Crippen LogP contribution < -0.4 is 0 Å². The van der Waals surface area contributed by atoms with E-state index in [1.54, 1.807) is 0 Å². The minimum atomic E-state index is -0.172. The molecule has 2 fully saturated rings. The van der Waals surface area contributed by atoms with E-state index in [1.807, 2.05) is 4.57 Å². The van der Waals surface area contributed by atoms with E-state index in [9.17, 15) is 10.1 Å². The molecule has 122 valence electrons. The lowest BCUT2D eigenvalue weighted by Gasteiger charge is -2.09. The summed E-state index contributed by atoms with van der Waals surface area (Å²) in [7, 11) is 0. The molecule has 0 amide bonds. The maximum absolute atomic E-state index is 11.7. The zero-order valence-corrected chi connectivity index (χ0v) is 13.6. The van der Waals surface area contributed by atoms with Gasteiger partial charge in [-0.15, -0.1) is 0 Å². The molecule has 0 bridgehead atoms. The molecule has 0 radical (unpaired) electrons. The van der Waals surface area contributed by atoms with E-state index >= 15 is 0 Å². The second-order valence-corrected chi connectivity index (χ2v) is 6.90. The van der Waals surface area contributed by atoms with Crippen molar-refractivity contribution in [2.45, 2.75) is 89.5 Å². The van der Waals surface area contributed by atoms with Gasteiger partial charge in [-0.05, 0) is 37.0 Å². The number of nitrogens with zero attached hydrogens (tertiary/aromatic N) is 3. The van der Waals surface area contributed by atoms with Crippen molar-refractivity contribution in [2.75, 3.05) is 0 Å². The van der Waals surface area contributed by atoms with Gasteiger partial charge in [0.25, 0.3) is 0 Å². The molecule has 1 aromatic heterocycles. The summed E-state index contributed by atoms with van der Waals surface area (Å²) in [6.45, 7) is 2.88. The summed E-state index contributed by atoms with van der Waals surface area (Å²) < 4.78 is 1.97. The third-order valence-corrected chi connectivity index (χ3v) is 5.37. The summed E-state index contributed by atoms with van der Waals surface area (Å²) in [6, 6.07) is 0. The summed E-state index contributed by atoms with van der Waals surface area (Å²) in [5.74, 6) is 2.07. The normalized spacial score (nSPS) is 20.0. The van der Waals surface area contributed by atoms with E-state index in [2.05, 4.69) is 6.92 Å². The van der Waals surface area contributed by atoms with Crippen LogP contribution in [0.2, 0.25) is 0 Å². The molecular weight excluding hydrogens is 278 g/mol. The van der Waals surface area contributed by atoms with Gasteiger partial charge < -0.3 is 10.1 Å². The van der Waals surface area contributed by atoms with Crippen molar-refractivity contribution in [3.63, 3.8) is 0 Å². The molecule has 0 spiro atoms. The van der Waals surface area contributed by atoms with Crippen LogP contribution in [0, 0.1) is 10.1 Å². The Morgan fingerprint density at radius 2 is 1.73 bits per heavy atom. The third-order valence-electron chi connectivity index (χ3n) is 5.37. The monoisotopic (exact) mass is 305 g/mol. The highest BCUT2D eigenvalue weighted by Gasteiger charge is 2.36. The minimum Gasteiger partial charge on any atom is -0.358 e. The van der Waals surface area contributed by atoms with Crippen molar-refractivity contribution in [3.05, 3.63) is 21.6 Å². The quantitative estimate of drug-likeness (QED) is 0.554. The van der Waals surface area contributed by atoms with Crippen molar-refractivity contribution in [3.8, 4) is 0 Å². The second-order valence-electron chi connectivity index (χ2n) is 6.90. The number of rotatable bonds is 6. The van der Waals surface area contributed by atoms with Crippen LogP contribution >= 0.6 is 0 Å². The molecule has 0 atom stereocenters. The largest absolute Gasteiger partial charge is 0.358 e. The maximum Gasteiger partial charge on any atom is 0.346 e. The first-order chi connectivity index (χ1) is 10.7. The number of hydrogen-bond donors (Lipinski definition) is 0. The average Bonchev–Trinajstić information content (AvgIpc) is 3.22. The molecular formula is C17H27N3O2. The molecule has 0 N–H and O–H groups in total. The lowest BCUT2D eigenvalue weighted by atomic mass is 10.0. The second kappa shape index (κ2) is 6.80. The van der Waals surface area contributed by atoms with E-state index in [0.29, 0.717) is 17.7 Å². The van der Waals surface area contributed by atoms with Crippen LogP contribution in [-0.4, -0.2) is 14.5 Å². The Balaban J connectivity index is 2.02. The maximum atomic E-state index is 11.7. The Kier molecular flexibility index (Phi) is 4.79. The van der Waals surface area contributed by atoms with E-state index in [4.69, 9.17) is 4.98 Å². The lowest BCUT2D eigenvalue weighted by molar-refractivity contribution is -0.393. The molecule has 1 heterocycles. The van der Waals surface area contributed by atoms with Crippen LogP contribution in [0.15, 0.2) is 0 Å². The summed E-state index contributed by atoms with van der Waals surface area (Å²) >= 11 is 0. The van der Waals surface area contributed by atoms with Crippen LogP contribution in [0.4, 0.5) is 5.82 Å². The Labute approximate surface area is 132 Å². The van der Waals surface area contributed by atoms with Crippen LogP contribution in [0.1, 0.15) is 94.5 Å². The Morgan fingerprint density at radius 1 is 1.14 bits per heavy atom. The van der Waals surface area contributed by atoms with Gasteiger partial charge in [-0.3, -0.25) is 0 Å². The van der Waals surface area contributed by atoms with E-state index in [0.717, 1.165) is 56.6 Å². The lowest BCUT2D eigenvalue weighted by Crippen LogP contribution is -2.10. The van der Waals surface area contributed by atoms with Crippen LogP contribution in [0.5, 0.6) is 0 Å². The molecule has 0 aliphatic heterocycles. The highest BCUT2D eigenvalue weighted by Crippen LogP contribution is 2.42. The predicted octanol–water partition coefficient (Wildman–Crippen LogP) is 4.91. The molecule has 2 aliphatic carbocycles. The Hall–Kier alpha value is -1.39. The third kappa shape index (κ3) is 2.90. The predicted molar refractivity (Wildman–Crippen MR) is 86.2 cm³/mol. The highest BCUT2D eigenvalue weighted by atomic mass is 16.6. The first kappa shape index (κ1) is 15.5. The van der Waals surface area contributed by atoms with E-state index in [-0.39, 0.29) is 4.92 Å². The molecule has 5 heteroatoms. The topological polar surface area (TPSA) is 61.0 Å². The summed E-state index contributed by atoms with van der Waals surface area (Å²) in [5, 5.41) is 11.7. The van der Waals surface area contributed by atoms with Gasteiger partial charge in [-0.1, -0.05) is 39.0 Å². The van der Waals surface area contributed by atoms with Crippen LogP contribution in [0.3, 0.4) is 0 Å². The van der Waals surface area contributed by atoms with Gasteiger partial charge in [0, 0.05) is 11.8 Å². The zero-order valence-electron chi connectivity index (χ0n) is 13.6. The van der Waals surface area contributed by atoms with Crippen molar-refractivity contribution in [2.24, 2.45) is 0 Å². The smallest absolute Gasteiger partial charge is 0.346 e. The minimum absolute atomic E-state index is 0.172. The fourth-order valence-corrected chi connectivity index (χ4v) is 4.18. The summed E-state index contributed by atoms with van der Waals surface area (Å²) in [6.07, 6.45) is 11.3. The molecule has 0 saturated heterocycles. The number of imidazole rings is 1. The summed E-state index contributed by atoms with van der Waals surface area (Å²) in [5.41, 5.74) is 0.792. The van der Waals surface area contributed by atoms with Crippen molar-refractivity contribution in [1.82, 2.24) is 9.55 Å². The van der Waals surface area contributed by atoms with E-state index < -0.39 is 0 Å². The van der Waals surface area contributed by atoms with Gasteiger partial charge in [0.1, 0.15) is 5.69 Å². The Bertz CT molecular complexity index is 526. The first-order valence-corrected chi connectivity index (χ1v) is 8.97. The number of hydrogen-bond acceptors (Lipinski definition) is 3. The molecule has 0 unspecified atom stereocenters. The fraction of sp³-hybridized carbons (Fsp3) is 0.824. The highest BCUT2D eigenvalue weighted by molar-refractivity contribution is 5.35. The number of aromatic nitrogens is 2. The van der Waals surface area contributed by atoms with Gasteiger partial charge in [0.05, 0.1) is 6.54 Å². The van der Waals surface area contributed by atoms with Crippen molar-refractivity contribution >= 4 is 5.82 Å². The molecule has 1 aromatic rings. The molecule has 2 saturated carbocycles. The zero-order chi connectivity index (χ0) is 15.5.